The summed E-state index contributed by atoms with van der Waals surface area (Å²) in [6.07, 6.45) is 0.468. The summed E-state index contributed by atoms with van der Waals surface area (Å²) in [5.74, 6) is 0.595. The summed E-state index contributed by atoms with van der Waals surface area (Å²) in [7, 11) is 3.21. The smallest absolute Gasteiger partial charge is 0.276 e. The van der Waals surface area contributed by atoms with Gasteiger partial charge in [0.05, 0.1) is 17.5 Å². The van der Waals surface area contributed by atoms with Gasteiger partial charge in [0, 0.05) is 19.0 Å². The molecule has 2 aromatic heterocycles. The van der Waals surface area contributed by atoms with Crippen molar-refractivity contribution in [2.45, 2.75) is 6.42 Å². The molecular weight excluding hydrogens is 325 g/mol. The quantitative estimate of drug-likeness (QED) is 0.746. The first kappa shape index (κ1) is 14.9. The Morgan fingerprint density at radius 1 is 1.32 bits per heavy atom. The van der Waals surface area contributed by atoms with Crippen LogP contribution in [0.4, 0.5) is 0 Å². The van der Waals surface area contributed by atoms with Crippen LogP contribution in [0.15, 0.2) is 29.1 Å². The molecule has 0 aliphatic rings. The van der Waals surface area contributed by atoms with E-state index in [0.29, 0.717) is 33.4 Å². The van der Waals surface area contributed by atoms with Gasteiger partial charge in [0.1, 0.15) is 10.9 Å². The first-order valence-electron chi connectivity index (χ1n) is 6.56. The van der Waals surface area contributed by atoms with Gasteiger partial charge in [0.25, 0.3) is 5.56 Å². The molecular formula is C15H13Cl2N3O2. The molecule has 0 amide bonds. The highest BCUT2D eigenvalue weighted by Gasteiger charge is 2.15. The number of nitrogens with zero attached hydrogens (tertiary/aromatic N) is 2. The van der Waals surface area contributed by atoms with Gasteiger partial charge < -0.3 is 4.74 Å². The number of para-hydroxylation sites is 1. The van der Waals surface area contributed by atoms with Crippen LogP contribution in [0.2, 0.25) is 10.2 Å². The molecule has 0 saturated heterocycles. The molecule has 1 aromatic carbocycles. The minimum atomic E-state index is -0.143. The van der Waals surface area contributed by atoms with Crippen molar-refractivity contribution in [1.29, 1.82) is 0 Å². The van der Waals surface area contributed by atoms with Crippen molar-refractivity contribution in [3.8, 4) is 5.75 Å². The molecule has 3 rings (SSSR count). The van der Waals surface area contributed by atoms with Crippen LogP contribution in [0.5, 0.6) is 5.75 Å². The predicted molar refractivity (Wildman–Crippen MR) is 87.2 cm³/mol. The van der Waals surface area contributed by atoms with Gasteiger partial charge in [-0.1, -0.05) is 35.3 Å². The van der Waals surface area contributed by atoms with Crippen molar-refractivity contribution in [2.75, 3.05) is 7.11 Å². The SMILES string of the molecule is COc1c(Cl)cccc1Cc1cc(Cl)nc2[nH]n(C)c(=O)c12. The molecule has 0 spiro atoms. The van der Waals surface area contributed by atoms with Crippen molar-refractivity contribution in [1.82, 2.24) is 14.8 Å². The number of H-pyrrole nitrogens is 1. The Morgan fingerprint density at radius 3 is 2.82 bits per heavy atom. The van der Waals surface area contributed by atoms with E-state index in [4.69, 9.17) is 27.9 Å². The molecule has 2 heterocycles. The van der Waals surface area contributed by atoms with Gasteiger partial charge in [-0.2, -0.15) is 0 Å². The lowest BCUT2D eigenvalue weighted by Crippen LogP contribution is -2.12. The molecule has 0 aliphatic carbocycles. The topological polar surface area (TPSA) is 59.9 Å². The third kappa shape index (κ3) is 2.46. The second kappa shape index (κ2) is 5.66. The molecule has 0 unspecified atom stereocenters. The number of fused-ring (bicyclic) bond motifs is 1. The van der Waals surface area contributed by atoms with Gasteiger partial charge in [-0.25, -0.2) is 4.98 Å². The number of hydrogen-bond donors (Lipinski definition) is 1. The Balaban J connectivity index is 2.20. The summed E-state index contributed by atoms with van der Waals surface area (Å²) in [5.41, 5.74) is 1.98. The zero-order valence-electron chi connectivity index (χ0n) is 12.0. The first-order valence-corrected chi connectivity index (χ1v) is 7.32. The fourth-order valence-electron chi connectivity index (χ4n) is 2.53. The van der Waals surface area contributed by atoms with Gasteiger partial charge in [0.15, 0.2) is 5.65 Å². The highest BCUT2D eigenvalue weighted by Crippen LogP contribution is 2.31. The molecule has 0 fully saturated rings. The summed E-state index contributed by atoms with van der Waals surface area (Å²) in [4.78, 5) is 16.4. The van der Waals surface area contributed by atoms with E-state index < -0.39 is 0 Å². The van der Waals surface area contributed by atoms with Crippen molar-refractivity contribution in [3.05, 3.63) is 55.9 Å². The standard InChI is InChI=1S/C15H13Cl2N3O2/c1-20-15(21)12-9(7-11(17)18-14(12)19-20)6-8-4-3-5-10(16)13(8)22-2/h3-5,7H,6H2,1-2H3,(H,18,19). The summed E-state index contributed by atoms with van der Waals surface area (Å²) >= 11 is 12.2. The monoisotopic (exact) mass is 337 g/mol. The lowest BCUT2D eigenvalue weighted by Gasteiger charge is -2.10. The molecule has 7 heteroatoms. The molecule has 1 N–H and O–H groups in total. The Labute approximate surface area is 136 Å². The predicted octanol–water partition coefficient (Wildman–Crippen LogP) is 3.17. The fraction of sp³-hybridized carbons (Fsp3) is 0.200. The molecule has 0 radical (unpaired) electrons. The zero-order valence-corrected chi connectivity index (χ0v) is 13.5. The fourth-order valence-corrected chi connectivity index (χ4v) is 3.01. The van der Waals surface area contributed by atoms with Crippen LogP contribution in [0.3, 0.4) is 0 Å². The summed E-state index contributed by atoms with van der Waals surface area (Å²) in [5, 5.41) is 4.26. The van der Waals surface area contributed by atoms with E-state index in [0.717, 1.165) is 11.1 Å². The second-order valence-electron chi connectivity index (χ2n) is 4.91. The highest BCUT2D eigenvalue weighted by molar-refractivity contribution is 6.32. The molecule has 0 bridgehead atoms. The van der Waals surface area contributed by atoms with E-state index in [-0.39, 0.29) is 5.56 Å². The molecule has 0 atom stereocenters. The van der Waals surface area contributed by atoms with Gasteiger partial charge in [-0.15, -0.1) is 0 Å². The van der Waals surface area contributed by atoms with Crippen LogP contribution in [0.25, 0.3) is 11.0 Å². The number of aromatic nitrogens is 3. The summed E-state index contributed by atoms with van der Waals surface area (Å²) < 4.78 is 6.74. The minimum Gasteiger partial charge on any atom is -0.495 e. The van der Waals surface area contributed by atoms with E-state index >= 15 is 0 Å². The van der Waals surface area contributed by atoms with Crippen LogP contribution in [0.1, 0.15) is 11.1 Å². The van der Waals surface area contributed by atoms with E-state index in [1.807, 2.05) is 12.1 Å². The number of rotatable bonds is 3. The van der Waals surface area contributed by atoms with Crippen LogP contribution in [0, 0.1) is 0 Å². The largest absolute Gasteiger partial charge is 0.495 e. The number of methoxy groups -OCH3 is 1. The molecule has 0 aliphatic heterocycles. The van der Waals surface area contributed by atoms with E-state index in [1.165, 1.54) is 4.68 Å². The Hall–Kier alpha value is -1.98. The van der Waals surface area contributed by atoms with Crippen LogP contribution < -0.4 is 10.3 Å². The average molecular weight is 338 g/mol. The maximum Gasteiger partial charge on any atom is 0.276 e. The molecule has 3 aromatic rings. The number of aryl methyl sites for hydroxylation is 1. The van der Waals surface area contributed by atoms with Gasteiger partial charge in [0.2, 0.25) is 0 Å². The van der Waals surface area contributed by atoms with Crippen LogP contribution in [-0.4, -0.2) is 21.9 Å². The van der Waals surface area contributed by atoms with Crippen molar-refractivity contribution >= 4 is 34.2 Å². The summed E-state index contributed by atoms with van der Waals surface area (Å²) in [6.45, 7) is 0. The van der Waals surface area contributed by atoms with Gasteiger partial charge >= 0.3 is 0 Å². The van der Waals surface area contributed by atoms with E-state index in [2.05, 4.69) is 10.1 Å². The van der Waals surface area contributed by atoms with Crippen LogP contribution >= 0.6 is 23.2 Å². The maximum absolute atomic E-state index is 12.3. The third-order valence-electron chi connectivity index (χ3n) is 3.50. The Morgan fingerprint density at radius 2 is 2.09 bits per heavy atom. The average Bonchev–Trinajstić information content (AvgIpc) is 2.74. The Bertz CT molecular complexity index is 915. The van der Waals surface area contributed by atoms with Gasteiger partial charge in [-0.05, 0) is 17.7 Å². The minimum absolute atomic E-state index is 0.143. The lowest BCUT2D eigenvalue weighted by molar-refractivity contribution is 0.411. The zero-order chi connectivity index (χ0) is 15.9. The first-order chi connectivity index (χ1) is 10.5. The maximum atomic E-state index is 12.3. The molecule has 114 valence electrons. The number of halogens is 2. The van der Waals surface area contributed by atoms with E-state index in [9.17, 15) is 4.79 Å². The lowest BCUT2D eigenvalue weighted by atomic mass is 10.0. The van der Waals surface area contributed by atoms with Crippen molar-refractivity contribution in [3.63, 3.8) is 0 Å². The molecule has 0 saturated carbocycles. The molecule has 22 heavy (non-hydrogen) atoms. The normalized spacial score (nSPS) is 11.1. The highest BCUT2D eigenvalue weighted by atomic mass is 35.5. The third-order valence-corrected chi connectivity index (χ3v) is 3.99. The number of ether oxygens (including phenoxy) is 1. The van der Waals surface area contributed by atoms with Crippen molar-refractivity contribution in [2.24, 2.45) is 7.05 Å². The number of pyridine rings is 1. The number of nitrogens with one attached hydrogen (secondary N) is 1. The van der Waals surface area contributed by atoms with E-state index in [1.54, 1.807) is 26.3 Å². The van der Waals surface area contributed by atoms with Crippen LogP contribution in [-0.2, 0) is 13.5 Å². The second-order valence-corrected chi connectivity index (χ2v) is 5.71. The van der Waals surface area contributed by atoms with Crippen molar-refractivity contribution < 1.29 is 4.74 Å². The van der Waals surface area contributed by atoms with Gasteiger partial charge in [-0.3, -0.25) is 14.6 Å². The molecule has 5 nitrogen and oxygen atoms in total. The summed E-state index contributed by atoms with van der Waals surface area (Å²) in [6, 6.07) is 7.20. The Kier molecular flexibility index (Phi) is 3.85. The number of hydrogen-bond acceptors (Lipinski definition) is 3. The number of aromatic amines is 1. The number of benzene rings is 1.